The van der Waals surface area contributed by atoms with Crippen LogP contribution in [0.3, 0.4) is 0 Å². The summed E-state index contributed by atoms with van der Waals surface area (Å²) in [6.07, 6.45) is 11.0. The van der Waals surface area contributed by atoms with E-state index in [0.717, 1.165) is 41.0 Å². The lowest BCUT2D eigenvalue weighted by atomic mass is 9.81. The van der Waals surface area contributed by atoms with E-state index in [4.69, 9.17) is 27.9 Å². The van der Waals surface area contributed by atoms with E-state index >= 15 is 0 Å². The van der Waals surface area contributed by atoms with E-state index in [-0.39, 0.29) is 0 Å². The molecule has 2 aromatic rings. The zero-order valence-electron chi connectivity index (χ0n) is 15.3. The molecule has 140 valence electrons. The highest BCUT2D eigenvalue weighted by molar-refractivity contribution is 6.53. The van der Waals surface area contributed by atoms with Crippen molar-refractivity contribution in [2.75, 3.05) is 12.5 Å². The van der Waals surface area contributed by atoms with Crippen LogP contribution in [0.15, 0.2) is 85.0 Å². The molecule has 3 rings (SSSR count). The summed E-state index contributed by atoms with van der Waals surface area (Å²) in [5, 5.41) is 0.721. The average Bonchev–Trinajstić information content (AvgIpc) is 2.73. The van der Waals surface area contributed by atoms with Crippen LogP contribution in [0.25, 0.3) is 10.6 Å². The third-order valence-corrected chi connectivity index (χ3v) is 5.33. The maximum Gasteiger partial charge on any atom is 0.117 e. The van der Waals surface area contributed by atoms with Gasteiger partial charge in [-0.1, -0.05) is 90.5 Å². The van der Waals surface area contributed by atoms with Gasteiger partial charge in [-0.25, -0.2) is 0 Å². The van der Waals surface area contributed by atoms with Gasteiger partial charge in [0.2, 0.25) is 0 Å². The minimum absolute atomic E-state index is 0.588. The molecule has 1 atom stereocenters. The molecule has 0 radical (unpaired) electrons. The summed E-state index contributed by atoms with van der Waals surface area (Å²) in [7, 11) is 0. The first-order valence-corrected chi connectivity index (χ1v) is 10.2. The second-order valence-electron chi connectivity index (χ2n) is 6.55. The number of unbranched alkanes of at least 4 members (excludes halogenated alkanes) is 1. The van der Waals surface area contributed by atoms with Crippen LogP contribution in [0.2, 0.25) is 0 Å². The lowest BCUT2D eigenvalue weighted by Gasteiger charge is -2.35. The summed E-state index contributed by atoms with van der Waals surface area (Å²) >= 11 is 12.8. The highest BCUT2D eigenvalue weighted by Crippen LogP contribution is 2.43. The van der Waals surface area contributed by atoms with Crippen molar-refractivity contribution >= 4 is 33.8 Å². The number of hydrogen-bond acceptors (Lipinski definition) is 1. The summed E-state index contributed by atoms with van der Waals surface area (Å²) < 4.78 is 6.49. The van der Waals surface area contributed by atoms with Crippen molar-refractivity contribution in [3.05, 3.63) is 96.1 Å². The zero-order chi connectivity index (χ0) is 19.0. The van der Waals surface area contributed by atoms with Crippen LogP contribution in [0.5, 0.6) is 0 Å². The van der Waals surface area contributed by atoms with E-state index in [9.17, 15) is 0 Å². The Morgan fingerprint density at radius 2 is 1.56 bits per heavy atom. The molecule has 0 saturated heterocycles. The largest absolute Gasteiger partial charge is 0.366 e. The fourth-order valence-corrected chi connectivity index (χ4v) is 3.89. The van der Waals surface area contributed by atoms with Gasteiger partial charge < -0.3 is 4.74 Å². The number of allylic oxidation sites excluding steroid dienone is 2. The smallest absolute Gasteiger partial charge is 0.117 e. The predicted molar refractivity (Wildman–Crippen MR) is 117 cm³/mol. The Balaban J connectivity index is 2.09. The number of alkyl halides is 1. The van der Waals surface area contributed by atoms with Gasteiger partial charge in [0, 0.05) is 24.5 Å². The molecule has 1 aliphatic rings. The molecule has 1 unspecified atom stereocenters. The highest BCUT2D eigenvalue weighted by Gasteiger charge is 2.36. The molecular formula is C24H24Cl2O. The lowest BCUT2D eigenvalue weighted by molar-refractivity contribution is 0.0352. The monoisotopic (exact) mass is 398 g/mol. The van der Waals surface area contributed by atoms with Gasteiger partial charge in [0.05, 0.1) is 5.03 Å². The van der Waals surface area contributed by atoms with Crippen molar-refractivity contribution in [3.63, 3.8) is 0 Å². The fraction of sp³-hybridized carbons (Fsp3) is 0.250. The third-order valence-electron chi connectivity index (χ3n) is 4.65. The summed E-state index contributed by atoms with van der Waals surface area (Å²) in [6, 6.07) is 20.4. The second kappa shape index (κ2) is 9.94. The molecule has 27 heavy (non-hydrogen) atoms. The highest BCUT2D eigenvalue weighted by atomic mass is 35.5. The summed E-state index contributed by atoms with van der Waals surface area (Å²) in [4.78, 5) is 0. The quantitative estimate of drug-likeness (QED) is 0.262. The molecule has 0 fully saturated rings. The Labute approximate surface area is 172 Å². The van der Waals surface area contributed by atoms with Crippen molar-refractivity contribution in [2.24, 2.45) is 0 Å². The van der Waals surface area contributed by atoms with E-state index in [1.54, 1.807) is 0 Å². The topological polar surface area (TPSA) is 9.23 Å². The molecule has 0 heterocycles. The Hall–Kier alpha value is -1.80. The van der Waals surface area contributed by atoms with Gasteiger partial charge in [-0.2, -0.15) is 0 Å². The lowest BCUT2D eigenvalue weighted by Crippen LogP contribution is -2.33. The van der Waals surface area contributed by atoms with Crippen molar-refractivity contribution in [1.29, 1.82) is 0 Å². The van der Waals surface area contributed by atoms with Gasteiger partial charge in [-0.05, 0) is 30.0 Å². The normalized spacial score (nSPS) is 19.8. The summed E-state index contributed by atoms with van der Waals surface area (Å²) in [5.74, 6) is 0.651. The molecular weight excluding hydrogens is 375 g/mol. The first kappa shape index (κ1) is 19.9. The molecule has 0 aliphatic heterocycles. The van der Waals surface area contributed by atoms with Gasteiger partial charge in [0.15, 0.2) is 0 Å². The van der Waals surface area contributed by atoms with Gasteiger partial charge in [-0.15, -0.1) is 11.6 Å². The number of hydrogen-bond donors (Lipinski definition) is 0. The van der Waals surface area contributed by atoms with Gasteiger partial charge in [0.25, 0.3) is 0 Å². The number of rotatable bonds is 8. The van der Waals surface area contributed by atoms with Crippen LogP contribution >= 0.6 is 23.2 Å². The zero-order valence-corrected chi connectivity index (χ0v) is 16.8. The molecule has 0 amide bonds. The Bertz CT molecular complexity index is 809. The van der Waals surface area contributed by atoms with Gasteiger partial charge in [-0.3, -0.25) is 0 Å². The van der Waals surface area contributed by atoms with Crippen LogP contribution in [0.1, 0.15) is 30.4 Å². The van der Waals surface area contributed by atoms with Crippen molar-refractivity contribution in [2.45, 2.75) is 24.9 Å². The standard InChI is InChI=1S/C24H24Cl2O/c25-18-10-11-19-27-24(16-8-3-9-17-24)22(20-12-4-1-5-13-20)23(26)21-14-6-2-7-15-21/h1-9,12-16H,10-11,17-19H2. The second-order valence-corrected chi connectivity index (χ2v) is 7.30. The first-order valence-electron chi connectivity index (χ1n) is 9.32. The van der Waals surface area contributed by atoms with Gasteiger partial charge in [0.1, 0.15) is 5.60 Å². The summed E-state index contributed by atoms with van der Waals surface area (Å²) in [6.45, 7) is 0.639. The Kier molecular flexibility index (Phi) is 7.34. The molecule has 2 aromatic carbocycles. The number of halogens is 2. The van der Waals surface area contributed by atoms with E-state index in [0.29, 0.717) is 12.5 Å². The first-order chi connectivity index (χ1) is 13.3. The molecule has 1 aliphatic carbocycles. The van der Waals surface area contributed by atoms with Crippen molar-refractivity contribution in [3.8, 4) is 0 Å². The maximum absolute atomic E-state index is 6.99. The molecule has 0 bridgehead atoms. The van der Waals surface area contributed by atoms with Crippen molar-refractivity contribution in [1.82, 2.24) is 0 Å². The van der Waals surface area contributed by atoms with E-state index in [2.05, 4.69) is 30.4 Å². The van der Waals surface area contributed by atoms with Gasteiger partial charge >= 0.3 is 0 Å². The Morgan fingerprint density at radius 3 is 2.15 bits per heavy atom. The Morgan fingerprint density at radius 1 is 0.889 bits per heavy atom. The molecule has 0 N–H and O–H groups in total. The molecule has 0 saturated carbocycles. The fourth-order valence-electron chi connectivity index (χ4n) is 3.31. The maximum atomic E-state index is 6.99. The van der Waals surface area contributed by atoms with E-state index in [1.807, 2.05) is 54.6 Å². The minimum Gasteiger partial charge on any atom is -0.366 e. The average molecular weight is 399 g/mol. The number of ether oxygens (including phenoxy) is 1. The molecule has 3 heteroatoms. The summed E-state index contributed by atoms with van der Waals surface area (Å²) in [5.41, 5.74) is 2.48. The van der Waals surface area contributed by atoms with Crippen LogP contribution in [0.4, 0.5) is 0 Å². The third kappa shape index (κ3) is 4.93. The van der Waals surface area contributed by atoms with Crippen molar-refractivity contribution < 1.29 is 4.74 Å². The van der Waals surface area contributed by atoms with Crippen LogP contribution in [-0.2, 0) is 4.74 Å². The minimum atomic E-state index is -0.588. The van der Waals surface area contributed by atoms with Crippen LogP contribution < -0.4 is 0 Å². The van der Waals surface area contributed by atoms with Crippen LogP contribution in [-0.4, -0.2) is 18.1 Å². The van der Waals surface area contributed by atoms with E-state index in [1.165, 1.54) is 0 Å². The molecule has 1 nitrogen and oxygen atoms in total. The number of benzene rings is 2. The molecule has 0 spiro atoms. The predicted octanol–water partition coefficient (Wildman–Crippen LogP) is 7.08. The molecule has 0 aromatic heterocycles. The SMILES string of the molecule is ClCCCCOC1(C(=C(Cl)c2ccccc2)c2ccccc2)C=CC=CC1. The van der Waals surface area contributed by atoms with E-state index < -0.39 is 5.60 Å². The van der Waals surface area contributed by atoms with Crippen LogP contribution in [0, 0.1) is 0 Å².